The van der Waals surface area contributed by atoms with Gasteiger partial charge in [-0.3, -0.25) is 19.2 Å². The molecular weight excluding hydrogens is 618 g/mol. The lowest BCUT2D eigenvalue weighted by Crippen LogP contribution is -2.74. The Labute approximate surface area is 283 Å². The number of unbranched alkanes of at least 4 members (excludes halogenated alkanes) is 3. The van der Waals surface area contributed by atoms with Crippen LogP contribution in [0.2, 0.25) is 0 Å². The van der Waals surface area contributed by atoms with Crippen molar-refractivity contribution in [2.75, 3.05) is 39.4 Å². The number of hydrogen-bond acceptors (Lipinski definition) is 9. The molecule has 0 aromatic carbocycles. The van der Waals surface area contributed by atoms with Gasteiger partial charge in [0.25, 0.3) is 11.8 Å². The summed E-state index contributed by atoms with van der Waals surface area (Å²) in [6.45, 7) is 13.2. The number of likely N-dealkylation sites (tertiary alicyclic amines) is 1. The summed E-state index contributed by atoms with van der Waals surface area (Å²) in [6, 6.07) is -0.740. The predicted octanol–water partition coefficient (Wildman–Crippen LogP) is 3.51. The molecule has 3 aliphatic heterocycles. The van der Waals surface area contributed by atoms with Crippen LogP contribution in [-0.4, -0.2) is 116 Å². The van der Waals surface area contributed by atoms with E-state index in [0.717, 1.165) is 51.7 Å². The number of rotatable bonds is 13. The van der Waals surface area contributed by atoms with Crippen LogP contribution in [0.25, 0.3) is 6.08 Å². The summed E-state index contributed by atoms with van der Waals surface area (Å²) in [5, 5.41) is 21.9. The van der Waals surface area contributed by atoms with Crippen molar-refractivity contribution in [1.29, 1.82) is 0 Å². The second-order valence-electron chi connectivity index (χ2n) is 14.4. The van der Waals surface area contributed by atoms with Gasteiger partial charge in [0, 0.05) is 50.2 Å². The molecule has 1 aromatic heterocycles. The lowest BCUT2D eigenvalue weighted by Gasteiger charge is -2.54. The van der Waals surface area contributed by atoms with Gasteiger partial charge in [-0.15, -0.1) is 11.3 Å². The number of fused-ring (bicyclic) bond motifs is 1. The van der Waals surface area contributed by atoms with Crippen molar-refractivity contribution >= 4 is 35.1 Å². The Morgan fingerprint density at radius 3 is 2.57 bits per heavy atom. The number of carbonyl (C=O) groups excluding carboxylic acids is 3. The topological polar surface area (TPSA) is 127 Å². The van der Waals surface area contributed by atoms with Gasteiger partial charge in [-0.2, -0.15) is 5.06 Å². The highest BCUT2D eigenvalue weighted by atomic mass is 32.1. The summed E-state index contributed by atoms with van der Waals surface area (Å²) in [6.07, 6.45) is 7.02. The van der Waals surface area contributed by atoms with E-state index in [4.69, 9.17) is 9.94 Å². The van der Waals surface area contributed by atoms with Gasteiger partial charge in [0.05, 0.1) is 6.54 Å². The van der Waals surface area contributed by atoms with Crippen molar-refractivity contribution < 1.29 is 29.4 Å². The molecule has 4 atom stereocenters. The van der Waals surface area contributed by atoms with E-state index < -0.39 is 24.2 Å². The van der Waals surface area contributed by atoms with Crippen molar-refractivity contribution in [1.82, 2.24) is 24.7 Å². The van der Waals surface area contributed by atoms with Crippen molar-refractivity contribution in [3.63, 3.8) is 0 Å². The number of amides is 3. The molecule has 0 radical (unpaired) electrons. The molecule has 2 N–H and O–H groups in total. The van der Waals surface area contributed by atoms with E-state index in [1.54, 1.807) is 11.0 Å². The third-order valence-corrected chi connectivity index (χ3v) is 9.53. The van der Waals surface area contributed by atoms with Crippen LogP contribution in [0.4, 0.5) is 0 Å². The molecule has 4 heterocycles. The van der Waals surface area contributed by atoms with E-state index in [1.165, 1.54) is 22.5 Å². The Hall–Kier alpha value is -2.82. The summed E-state index contributed by atoms with van der Waals surface area (Å²) < 4.78 is 0. The van der Waals surface area contributed by atoms with Crippen LogP contribution in [0.5, 0.6) is 0 Å². The summed E-state index contributed by atoms with van der Waals surface area (Å²) >= 11 is 1.38. The van der Waals surface area contributed by atoms with E-state index in [0.29, 0.717) is 30.0 Å². The van der Waals surface area contributed by atoms with Crippen LogP contribution < -0.4 is 0 Å². The second kappa shape index (κ2) is 17.0. The fourth-order valence-corrected chi connectivity index (χ4v) is 7.12. The van der Waals surface area contributed by atoms with Crippen LogP contribution in [-0.2, 0) is 19.2 Å². The fraction of sp³-hybridized carbons (Fsp3) is 0.714. The number of carbonyl (C=O) groups is 3. The maximum Gasteiger partial charge on any atom is 0.272 e. The van der Waals surface area contributed by atoms with Gasteiger partial charge in [-0.05, 0) is 74.8 Å². The molecule has 0 saturated carbocycles. The Kier molecular flexibility index (Phi) is 13.4. The van der Waals surface area contributed by atoms with Crippen molar-refractivity contribution in [2.45, 2.75) is 110 Å². The normalized spacial score (nSPS) is 24.0. The number of aliphatic hydroxyl groups is 2. The first kappa shape index (κ1) is 37.0. The number of hydrogen-bond donors (Lipinski definition) is 2. The average Bonchev–Trinajstić information content (AvgIpc) is 3.67. The standard InChI is InChI=1S/C35H53N5O6S/c1-25(2)20-29-34(45)39-28(21-35(3,4)5)33(44)38(27-15-17-37(22-27)16-9-11-19-42)23-31(39)40(46-29)32(43)14-13-30-36-26(24-47-30)12-8-6-7-10-18-41/h13-14,24-25,27-29,31,41-42H,6-7,9-11,15-23H2,1-5H3/b14-13+/t27-,28-,29+,31-/m0/s1. The molecule has 1 aromatic rings. The fourth-order valence-electron chi connectivity index (χ4n) is 6.48. The molecule has 4 rings (SSSR count). The molecule has 0 spiro atoms. The van der Waals surface area contributed by atoms with Crippen LogP contribution in [0, 0.1) is 23.2 Å². The lowest BCUT2D eigenvalue weighted by atomic mass is 9.85. The molecular formula is C35H53N5O6S. The quantitative estimate of drug-likeness (QED) is 0.186. The first-order chi connectivity index (χ1) is 22.4. The third-order valence-electron chi connectivity index (χ3n) is 8.72. The van der Waals surface area contributed by atoms with E-state index >= 15 is 0 Å². The third kappa shape index (κ3) is 10.1. The Morgan fingerprint density at radius 2 is 1.87 bits per heavy atom. The smallest absolute Gasteiger partial charge is 0.272 e. The van der Waals surface area contributed by atoms with Crippen LogP contribution in [0.1, 0.15) is 96.7 Å². The maximum atomic E-state index is 14.3. The minimum absolute atomic E-state index is 0.0317. The van der Waals surface area contributed by atoms with Crippen LogP contribution in [0.3, 0.4) is 0 Å². The van der Waals surface area contributed by atoms with Gasteiger partial charge >= 0.3 is 0 Å². The highest BCUT2D eigenvalue weighted by Gasteiger charge is 2.54. The lowest BCUT2D eigenvalue weighted by molar-refractivity contribution is -0.275. The number of thiazole rings is 1. The highest BCUT2D eigenvalue weighted by Crippen LogP contribution is 2.36. The molecule has 3 amide bonds. The first-order valence-electron chi connectivity index (χ1n) is 17.1. The van der Waals surface area contributed by atoms with Crippen LogP contribution in [0.15, 0.2) is 11.5 Å². The van der Waals surface area contributed by atoms with E-state index in [9.17, 15) is 19.5 Å². The second-order valence-corrected chi connectivity index (χ2v) is 15.3. The van der Waals surface area contributed by atoms with Crippen molar-refractivity contribution in [3.05, 3.63) is 22.2 Å². The van der Waals surface area contributed by atoms with E-state index in [-0.39, 0.29) is 48.9 Å². The average molecular weight is 672 g/mol. The zero-order valence-corrected chi connectivity index (χ0v) is 29.5. The molecule has 12 heteroatoms. The van der Waals surface area contributed by atoms with Gasteiger partial charge in [-0.25, -0.2) is 4.98 Å². The number of piperazine rings is 1. The summed E-state index contributed by atoms with van der Waals surface area (Å²) in [4.78, 5) is 58.9. The molecule has 260 valence electrons. The van der Waals surface area contributed by atoms with Gasteiger partial charge < -0.3 is 24.9 Å². The Bertz CT molecular complexity index is 1310. The maximum absolute atomic E-state index is 14.3. The predicted molar refractivity (Wildman–Crippen MR) is 182 cm³/mol. The number of nitrogens with zero attached hydrogens (tertiary/aromatic N) is 5. The van der Waals surface area contributed by atoms with Crippen molar-refractivity contribution in [3.8, 4) is 11.8 Å². The van der Waals surface area contributed by atoms with Gasteiger partial charge in [0.2, 0.25) is 5.91 Å². The molecule has 11 nitrogen and oxygen atoms in total. The molecule has 47 heavy (non-hydrogen) atoms. The number of aromatic nitrogens is 1. The molecule has 3 aliphatic rings. The summed E-state index contributed by atoms with van der Waals surface area (Å²) in [5.74, 6) is 5.53. The summed E-state index contributed by atoms with van der Waals surface area (Å²) in [7, 11) is 0. The minimum Gasteiger partial charge on any atom is -0.396 e. The molecule has 0 aliphatic carbocycles. The van der Waals surface area contributed by atoms with Gasteiger partial charge in [0.1, 0.15) is 16.7 Å². The van der Waals surface area contributed by atoms with E-state index in [1.807, 2.05) is 24.1 Å². The molecule has 3 saturated heterocycles. The molecule has 0 bridgehead atoms. The van der Waals surface area contributed by atoms with Gasteiger partial charge in [0.15, 0.2) is 12.3 Å². The number of aliphatic hydroxyl groups excluding tert-OH is 2. The zero-order valence-electron chi connectivity index (χ0n) is 28.7. The largest absolute Gasteiger partial charge is 0.396 e. The van der Waals surface area contributed by atoms with Crippen LogP contribution >= 0.6 is 11.3 Å². The summed E-state index contributed by atoms with van der Waals surface area (Å²) in [5.41, 5.74) is 0.382. The Balaban J connectivity index is 1.59. The minimum atomic E-state index is -0.869. The zero-order chi connectivity index (χ0) is 34.1. The molecule has 0 unspecified atom stereocenters. The van der Waals surface area contributed by atoms with Crippen molar-refractivity contribution in [2.24, 2.45) is 11.3 Å². The van der Waals surface area contributed by atoms with Gasteiger partial charge in [-0.1, -0.05) is 40.5 Å². The van der Waals surface area contributed by atoms with E-state index in [2.05, 4.69) is 42.5 Å². The first-order valence-corrected chi connectivity index (χ1v) is 18.0. The number of hydroxylamine groups is 2. The highest BCUT2D eigenvalue weighted by molar-refractivity contribution is 7.10. The Morgan fingerprint density at radius 1 is 1.13 bits per heavy atom. The monoisotopic (exact) mass is 671 g/mol. The molecule has 3 fully saturated rings. The SMILES string of the molecule is CC(C)C[C@H]1ON(C(=O)/C=C/c2nc(C#CCCCCO)cs2)[C@H]2CN([C@H]3CCN(CCCCO)C3)C(=O)[C@H](CC(C)(C)C)N2C1=O.